The number of hydrogen-bond acceptors (Lipinski definition) is 3. The lowest BCUT2D eigenvalue weighted by molar-refractivity contribution is 0.0699. The first-order valence-corrected chi connectivity index (χ1v) is 6.12. The Labute approximate surface area is 102 Å². The minimum absolute atomic E-state index is 0.664. The van der Waals surface area contributed by atoms with Gasteiger partial charge < -0.3 is 10.1 Å². The van der Waals surface area contributed by atoms with E-state index in [4.69, 9.17) is 10.00 Å². The number of nitrogens with zero attached hydrogens (tertiary/aromatic N) is 1. The summed E-state index contributed by atoms with van der Waals surface area (Å²) in [5, 5.41) is 12.5. The van der Waals surface area contributed by atoms with E-state index in [2.05, 4.69) is 11.4 Å². The smallest absolute Gasteiger partial charge is 0.101 e. The molecule has 0 unspecified atom stereocenters. The van der Waals surface area contributed by atoms with Crippen LogP contribution < -0.4 is 5.32 Å². The van der Waals surface area contributed by atoms with E-state index in [1.54, 1.807) is 0 Å². The standard InChI is InChI=1S/C14H18N2O/c1-11-2-3-14(13(8-11)9-15)16-10-12-4-6-17-7-5-12/h2-3,8,12,16H,4-7,10H2,1H3. The molecule has 17 heavy (non-hydrogen) atoms. The number of hydrogen-bond donors (Lipinski definition) is 1. The number of aryl methyl sites for hydroxylation is 1. The van der Waals surface area contributed by atoms with Gasteiger partial charge in [-0.1, -0.05) is 6.07 Å². The van der Waals surface area contributed by atoms with Crippen molar-refractivity contribution in [3.8, 4) is 6.07 Å². The van der Waals surface area contributed by atoms with Gasteiger partial charge in [0.05, 0.1) is 11.3 Å². The monoisotopic (exact) mass is 230 g/mol. The second-order valence-electron chi connectivity index (χ2n) is 4.60. The average molecular weight is 230 g/mol. The van der Waals surface area contributed by atoms with Crippen molar-refractivity contribution in [1.82, 2.24) is 0 Å². The van der Waals surface area contributed by atoms with Gasteiger partial charge in [0.2, 0.25) is 0 Å². The van der Waals surface area contributed by atoms with Gasteiger partial charge in [0, 0.05) is 19.8 Å². The largest absolute Gasteiger partial charge is 0.384 e. The highest BCUT2D eigenvalue weighted by atomic mass is 16.5. The van der Waals surface area contributed by atoms with E-state index in [-0.39, 0.29) is 0 Å². The van der Waals surface area contributed by atoms with Crippen molar-refractivity contribution in [2.45, 2.75) is 19.8 Å². The first-order valence-electron chi connectivity index (χ1n) is 6.12. The van der Waals surface area contributed by atoms with E-state index in [9.17, 15) is 0 Å². The molecule has 1 aromatic rings. The average Bonchev–Trinajstić information content (AvgIpc) is 2.38. The quantitative estimate of drug-likeness (QED) is 0.868. The van der Waals surface area contributed by atoms with Crippen molar-refractivity contribution in [2.75, 3.05) is 25.1 Å². The Bertz CT molecular complexity index is 417. The van der Waals surface area contributed by atoms with Gasteiger partial charge >= 0.3 is 0 Å². The van der Waals surface area contributed by atoms with E-state index in [0.29, 0.717) is 5.92 Å². The van der Waals surface area contributed by atoms with Crippen LogP contribution in [0.15, 0.2) is 18.2 Å². The number of anilines is 1. The summed E-state index contributed by atoms with van der Waals surface area (Å²) in [6.07, 6.45) is 2.22. The molecule has 1 saturated heterocycles. The number of benzene rings is 1. The molecule has 0 aromatic heterocycles. The molecule has 3 nitrogen and oxygen atoms in total. The molecule has 0 aliphatic carbocycles. The highest BCUT2D eigenvalue weighted by Crippen LogP contribution is 2.19. The third-order valence-electron chi connectivity index (χ3n) is 3.22. The predicted octanol–water partition coefficient (Wildman–Crippen LogP) is 2.71. The Morgan fingerprint density at radius 2 is 2.18 bits per heavy atom. The lowest BCUT2D eigenvalue weighted by Crippen LogP contribution is -2.22. The van der Waals surface area contributed by atoms with E-state index in [1.807, 2.05) is 25.1 Å². The van der Waals surface area contributed by atoms with Crippen LogP contribution in [0.3, 0.4) is 0 Å². The number of nitrogens with one attached hydrogen (secondary N) is 1. The summed E-state index contributed by atoms with van der Waals surface area (Å²) >= 11 is 0. The predicted molar refractivity (Wildman–Crippen MR) is 67.9 cm³/mol. The molecule has 1 aliphatic heterocycles. The number of ether oxygens (including phenoxy) is 1. The molecule has 1 aliphatic rings. The first-order chi connectivity index (χ1) is 8.29. The molecule has 0 atom stereocenters. The second kappa shape index (κ2) is 5.70. The van der Waals surface area contributed by atoms with Crippen LogP contribution in [0, 0.1) is 24.2 Å². The van der Waals surface area contributed by atoms with Crippen molar-refractivity contribution in [1.29, 1.82) is 5.26 Å². The second-order valence-corrected chi connectivity index (χ2v) is 4.60. The lowest BCUT2D eigenvalue weighted by atomic mass is 10.00. The number of rotatable bonds is 3. The zero-order valence-corrected chi connectivity index (χ0v) is 10.2. The van der Waals surface area contributed by atoms with Gasteiger partial charge in [0.25, 0.3) is 0 Å². The van der Waals surface area contributed by atoms with Gasteiger partial charge in [0.1, 0.15) is 6.07 Å². The fourth-order valence-electron chi connectivity index (χ4n) is 2.11. The Morgan fingerprint density at radius 1 is 1.41 bits per heavy atom. The van der Waals surface area contributed by atoms with Crippen LogP contribution >= 0.6 is 0 Å². The number of nitriles is 1. The molecule has 1 fully saturated rings. The van der Waals surface area contributed by atoms with Crippen molar-refractivity contribution < 1.29 is 4.74 Å². The summed E-state index contributed by atoms with van der Waals surface area (Å²) in [4.78, 5) is 0. The van der Waals surface area contributed by atoms with E-state index >= 15 is 0 Å². The summed E-state index contributed by atoms with van der Waals surface area (Å²) in [6.45, 7) is 4.67. The van der Waals surface area contributed by atoms with Gasteiger partial charge in [-0.3, -0.25) is 0 Å². The Morgan fingerprint density at radius 3 is 2.88 bits per heavy atom. The molecule has 2 rings (SSSR count). The highest BCUT2D eigenvalue weighted by molar-refractivity contribution is 5.58. The van der Waals surface area contributed by atoms with Crippen LogP contribution in [0.1, 0.15) is 24.0 Å². The van der Waals surface area contributed by atoms with E-state index in [0.717, 1.165) is 49.4 Å². The fourth-order valence-corrected chi connectivity index (χ4v) is 2.11. The minimum atomic E-state index is 0.664. The lowest BCUT2D eigenvalue weighted by Gasteiger charge is -2.23. The molecule has 0 radical (unpaired) electrons. The molecule has 0 saturated carbocycles. The molecule has 1 heterocycles. The maximum absolute atomic E-state index is 9.07. The first kappa shape index (κ1) is 11.9. The highest BCUT2D eigenvalue weighted by Gasteiger charge is 2.13. The van der Waals surface area contributed by atoms with Crippen molar-refractivity contribution in [3.05, 3.63) is 29.3 Å². The topological polar surface area (TPSA) is 45.0 Å². The Hall–Kier alpha value is -1.53. The van der Waals surface area contributed by atoms with Crippen molar-refractivity contribution in [2.24, 2.45) is 5.92 Å². The van der Waals surface area contributed by atoms with Gasteiger partial charge in [-0.05, 0) is 43.4 Å². The van der Waals surface area contributed by atoms with Crippen molar-refractivity contribution >= 4 is 5.69 Å². The van der Waals surface area contributed by atoms with Gasteiger partial charge in [-0.15, -0.1) is 0 Å². The molecule has 0 amide bonds. The van der Waals surface area contributed by atoms with Crippen molar-refractivity contribution in [3.63, 3.8) is 0 Å². The maximum Gasteiger partial charge on any atom is 0.101 e. The summed E-state index contributed by atoms with van der Waals surface area (Å²) < 4.78 is 5.33. The van der Waals surface area contributed by atoms with E-state index in [1.165, 1.54) is 0 Å². The molecule has 1 N–H and O–H groups in total. The van der Waals surface area contributed by atoms with Crippen LogP contribution in [-0.4, -0.2) is 19.8 Å². The molecule has 0 spiro atoms. The van der Waals surface area contributed by atoms with Crippen LogP contribution in [0.25, 0.3) is 0 Å². The third-order valence-corrected chi connectivity index (χ3v) is 3.22. The Kier molecular flexibility index (Phi) is 4.00. The third kappa shape index (κ3) is 3.21. The summed E-state index contributed by atoms with van der Waals surface area (Å²) in [6, 6.07) is 8.19. The van der Waals surface area contributed by atoms with Gasteiger partial charge in [-0.2, -0.15) is 5.26 Å². The molecule has 3 heteroatoms. The Balaban J connectivity index is 1.96. The SMILES string of the molecule is Cc1ccc(NCC2CCOCC2)c(C#N)c1. The maximum atomic E-state index is 9.07. The van der Waals surface area contributed by atoms with Gasteiger partial charge in [-0.25, -0.2) is 0 Å². The van der Waals surface area contributed by atoms with Crippen LogP contribution in [0.2, 0.25) is 0 Å². The molecular formula is C14H18N2O. The minimum Gasteiger partial charge on any atom is -0.384 e. The fraction of sp³-hybridized carbons (Fsp3) is 0.500. The van der Waals surface area contributed by atoms with Crippen LogP contribution in [0.5, 0.6) is 0 Å². The summed E-state index contributed by atoms with van der Waals surface area (Å²) in [5.74, 6) is 0.664. The van der Waals surface area contributed by atoms with E-state index < -0.39 is 0 Å². The molecule has 0 bridgehead atoms. The summed E-state index contributed by atoms with van der Waals surface area (Å²) in [5.41, 5.74) is 2.81. The zero-order chi connectivity index (χ0) is 12.1. The zero-order valence-electron chi connectivity index (χ0n) is 10.2. The van der Waals surface area contributed by atoms with Crippen LogP contribution in [0.4, 0.5) is 5.69 Å². The van der Waals surface area contributed by atoms with Gasteiger partial charge in [0.15, 0.2) is 0 Å². The normalized spacial score (nSPS) is 16.5. The molecular weight excluding hydrogens is 212 g/mol. The molecule has 90 valence electrons. The summed E-state index contributed by atoms with van der Waals surface area (Å²) in [7, 11) is 0. The molecule has 1 aromatic carbocycles. The van der Waals surface area contributed by atoms with Crippen LogP contribution in [-0.2, 0) is 4.74 Å².